The van der Waals surface area contributed by atoms with Crippen LogP contribution in [-0.2, 0) is 33.9 Å². The molecule has 0 saturated heterocycles. The highest BCUT2D eigenvalue weighted by Crippen LogP contribution is 2.19. The molecule has 0 aliphatic heterocycles. The topological polar surface area (TPSA) is 108 Å². The molecule has 0 aliphatic rings. The molecule has 4 aromatic carbocycles. The van der Waals surface area contributed by atoms with Gasteiger partial charge in [0.05, 0.1) is 17.2 Å². The number of amides is 1. The summed E-state index contributed by atoms with van der Waals surface area (Å²) in [4.78, 5) is 38.6. The van der Waals surface area contributed by atoms with Gasteiger partial charge in [-0.3, -0.25) is 4.79 Å². The third kappa shape index (κ3) is 7.62. The predicted molar refractivity (Wildman–Crippen MR) is 144 cm³/mol. The SMILES string of the molecule is N[C@H](Cc1ccccc1)C(=O)Nc1cc(C(=O)OCc2ccccc2)cc(C(=O)OCc2ccccc2)c1. The van der Waals surface area contributed by atoms with Crippen molar-refractivity contribution in [1.29, 1.82) is 0 Å². The number of ether oxygens (including phenoxy) is 2. The fourth-order valence-corrected chi connectivity index (χ4v) is 3.74. The highest BCUT2D eigenvalue weighted by molar-refractivity contribution is 6.00. The summed E-state index contributed by atoms with van der Waals surface area (Å²) in [5.41, 5.74) is 9.11. The van der Waals surface area contributed by atoms with Crippen molar-refractivity contribution in [2.45, 2.75) is 25.7 Å². The normalized spacial score (nSPS) is 11.3. The Morgan fingerprint density at radius 3 is 1.50 bits per heavy atom. The first-order chi connectivity index (χ1) is 18.5. The van der Waals surface area contributed by atoms with Crippen molar-refractivity contribution >= 4 is 23.5 Å². The Balaban J connectivity index is 1.51. The molecule has 0 bridgehead atoms. The molecule has 0 unspecified atom stereocenters. The second-order valence-corrected chi connectivity index (χ2v) is 8.71. The van der Waals surface area contributed by atoms with Gasteiger partial charge in [-0.2, -0.15) is 0 Å². The van der Waals surface area contributed by atoms with Crippen LogP contribution < -0.4 is 11.1 Å². The molecule has 1 amide bonds. The van der Waals surface area contributed by atoms with Gasteiger partial charge in [0.15, 0.2) is 0 Å². The summed E-state index contributed by atoms with van der Waals surface area (Å²) in [6.07, 6.45) is 0.331. The Morgan fingerprint density at radius 2 is 1.05 bits per heavy atom. The zero-order valence-corrected chi connectivity index (χ0v) is 20.7. The number of carbonyl (C=O) groups excluding carboxylic acids is 3. The zero-order chi connectivity index (χ0) is 26.7. The number of nitrogens with two attached hydrogens (primary N) is 1. The molecular weight excluding hydrogens is 480 g/mol. The van der Waals surface area contributed by atoms with E-state index in [2.05, 4.69) is 5.32 Å². The molecule has 192 valence electrons. The molecule has 1 atom stereocenters. The third-order valence-electron chi connectivity index (χ3n) is 5.73. The van der Waals surface area contributed by atoms with Gasteiger partial charge in [0.2, 0.25) is 5.91 Å². The van der Waals surface area contributed by atoms with Crippen molar-refractivity contribution in [3.05, 3.63) is 137 Å². The number of hydrogen-bond donors (Lipinski definition) is 2. The van der Waals surface area contributed by atoms with Gasteiger partial charge >= 0.3 is 11.9 Å². The Hall–Kier alpha value is -4.75. The summed E-state index contributed by atoms with van der Waals surface area (Å²) in [6.45, 7) is 0.123. The highest BCUT2D eigenvalue weighted by atomic mass is 16.5. The fourth-order valence-electron chi connectivity index (χ4n) is 3.74. The second-order valence-electron chi connectivity index (χ2n) is 8.71. The first kappa shape index (κ1) is 26.3. The largest absolute Gasteiger partial charge is 0.457 e. The summed E-state index contributed by atoms with van der Waals surface area (Å²) in [6, 6.07) is 31.3. The summed E-state index contributed by atoms with van der Waals surface area (Å²) in [7, 11) is 0. The number of benzene rings is 4. The van der Waals surface area contributed by atoms with Crippen molar-refractivity contribution in [3.8, 4) is 0 Å². The lowest BCUT2D eigenvalue weighted by molar-refractivity contribution is -0.117. The van der Waals surface area contributed by atoms with E-state index in [1.54, 1.807) is 0 Å². The maximum absolute atomic E-state index is 12.9. The van der Waals surface area contributed by atoms with Crippen molar-refractivity contribution in [2.24, 2.45) is 5.73 Å². The lowest BCUT2D eigenvalue weighted by atomic mass is 10.1. The summed E-state index contributed by atoms with van der Waals surface area (Å²) in [5, 5.41) is 2.72. The van der Waals surface area contributed by atoms with E-state index in [1.807, 2.05) is 91.0 Å². The van der Waals surface area contributed by atoms with Crippen LogP contribution in [0.2, 0.25) is 0 Å². The minimum atomic E-state index is -0.834. The minimum Gasteiger partial charge on any atom is -0.457 e. The highest BCUT2D eigenvalue weighted by Gasteiger charge is 2.19. The summed E-state index contributed by atoms with van der Waals surface area (Å²) >= 11 is 0. The van der Waals surface area contributed by atoms with E-state index in [4.69, 9.17) is 15.2 Å². The lowest BCUT2D eigenvalue weighted by Crippen LogP contribution is -2.37. The number of carbonyl (C=O) groups is 3. The van der Waals surface area contributed by atoms with Gasteiger partial charge < -0.3 is 20.5 Å². The predicted octanol–water partition coefficient (Wildman–Crippen LogP) is 4.91. The van der Waals surface area contributed by atoms with Crippen LogP contribution in [0.15, 0.2) is 109 Å². The number of anilines is 1. The van der Waals surface area contributed by atoms with Crippen molar-refractivity contribution in [1.82, 2.24) is 0 Å². The first-order valence-electron chi connectivity index (χ1n) is 12.2. The maximum Gasteiger partial charge on any atom is 0.338 e. The number of rotatable bonds is 10. The van der Waals surface area contributed by atoms with Crippen LogP contribution in [0.25, 0.3) is 0 Å². The van der Waals surface area contributed by atoms with Crippen LogP contribution in [0, 0.1) is 0 Å². The molecule has 3 N–H and O–H groups in total. The van der Waals surface area contributed by atoms with Crippen LogP contribution in [0.4, 0.5) is 5.69 Å². The fraction of sp³-hybridized carbons (Fsp3) is 0.129. The van der Waals surface area contributed by atoms with E-state index in [9.17, 15) is 14.4 Å². The Kier molecular flexibility index (Phi) is 8.99. The van der Waals surface area contributed by atoms with Crippen LogP contribution in [0.5, 0.6) is 0 Å². The molecule has 0 spiro atoms. The van der Waals surface area contributed by atoms with Gasteiger partial charge in [-0.15, -0.1) is 0 Å². The number of nitrogens with one attached hydrogen (secondary N) is 1. The average molecular weight is 509 g/mol. The summed E-state index contributed by atoms with van der Waals surface area (Å²) < 4.78 is 10.9. The van der Waals surface area contributed by atoms with Crippen LogP contribution in [-0.4, -0.2) is 23.9 Å². The van der Waals surface area contributed by atoms with Gasteiger partial charge in [0, 0.05) is 5.69 Å². The van der Waals surface area contributed by atoms with Gasteiger partial charge in [-0.05, 0) is 41.3 Å². The Labute approximate surface area is 221 Å². The Bertz CT molecular complexity index is 1300. The van der Waals surface area contributed by atoms with Crippen LogP contribution in [0.3, 0.4) is 0 Å². The van der Waals surface area contributed by atoms with Crippen molar-refractivity contribution in [3.63, 3.8) is 0 Å². The molecule has 0 aromatic heterocycles. The Morgan fingerprint density at radius 1 is 0.632 bits per heavy atom. The van der Waals surface area contributed by atoms with Gasteiger partial charge in [0.25, 0.3) is 0 Å². The lowest BCUT2D eigenvalue weighted by Gasteiger charge is -2.14. The van der Waals surface area contributed by atoms with Crippen molar-refractivity contribution in [2.75, 3.05) is 5.32 Å². The van der Waals surface area contributed by atoms with E-state index in [0.717, 1.165) is 16.7 Å². The molecule has 0 radical (unpaired) electrons. The zero-order valence-electron chi connectivity index (χ0n) is 20.7. The number of hydrogen-bond acceptors (Lipinski definition) is 6. The molecular formula is C31H28N2O5. The van der Waals surface area contributed by atoms with Gasteiger partial charge in [-0.25, -0.2) is 9.59 Å². The molecule has 0 aliphatic carbocycles. The molecule has 0 heterocycles. The third-order valence-corrected chi connectivity index (χ3v) is 5.73. The van der Waals surface area contributed by atoms with Gasteiger partial charge in [0.1, 0.15) is 13.2 Å². The average Bonchev–Trinajstić information content (AvgIpc) is 2.96. The maximum atomic E-state index is 12.9. The first-order valence-corrected chi connectivity index (χ1v) is 12.2. The van der Waals surface area contributed by atoms with Crippen LogP contribution >= 0.6 is 0 Å². The molecule has 7 nitrogen and oxygen atoms in total. The molecule has 7 heteroatoms. The molecule has 4 aromatic rings. The van der Waals surface area contributed by atoms with E-state index in [0.29, 0.717) is 6.42 Å². The molecule has 0 fully saturated rings. The minimum absolute atomic E-state index is 0.0615. The van der Waals surface area contributed by atoms with Gasteiger partial charge in [-0.1, -0.05) is 91.0 Å². The molecule has 38 heavy (non-hydrogen) atoms. The standard InChI is InChI=1S/C31H28N2O5/c32-28(16-22-10-4-1-5-11-22)29(34)33-27-18-25(30(35)37-20-23-12-6-2-7-13-23)17-26(19-27)31(36)38-21-24-14-8-3-9-15-24/h1-15,17-19,28H,16,20-21,32H2,(H,33,34)/t28-/m1/s1. The van der Waals surface area contributed by atoms with Crippen molar-refractivity contribution < 1.29 is 23.9 Å². The molecule has 0 saturated carbocycles. The quantitative estimate of drug-likeness (QED) is 0.295. The monoisotopic (exact) mass is 508 g/mol. The van der Waals surface area contributed by atoms with E-state index in [-0.39, 0.29) is 30.0 Å². The molecule has 4 rings (SSSR count). The van der Waals surface area contributed by atoms with Crippen LogP contribution in [0.1, 0.15) is 37.4 Å². The van der Waals surface area contributed by atoms with E-state index in [1.165, 1.54) is 18.2 Å². The summed E-state index contributed by atoms with van der Waals surface area (Å²) in [5.74, 6) is -1.74. The van der Waals surface area contributed by atoms with E-state index < -0.39 is 23.9 Å². The smallest absolute Gasteiger partial charge is 0.338 e. The number of esters is 2. The second kappa shape index (κ2) is 13.0. The van der Waals surface area contributed by atoms with E-state index >= 15 is 0 Å².